The first kappa shape index (κ1) is 16.7. The molecule has 0 N–H and O–H groups in total. The van der Waals surface area contributed by atoms with Gasteiger partial charge >= 0.3 is 6.09 Å². The first-order valence-corrected chi connectivity index (χ1v) is 9.72. The average molecular weight is 334 g/mol. The van der Waals surface area contributed by atoms with Gasteiger partial charge in [-0.1, -0.05) is 43.7 Å². The van der Waals surface area contributed by atoms with E-state index < -0.39 is 0 Å². The summed E-state index contributed by atoms with van der Waals surface area (Å²) in [6.45, 7) is 5.22. The molecule has 4 nitrogen and oxygen atoms in total. The van der Waals surface area contributed by atoms with E-state index in [1.54, 1.807) is 0 Å². The van der Waals surface area contributed by atoms with E-state index in [0.29, 0.717) is 18.7 Å². The molecule has 2 heterocycles. The number of hydrogen-bond acceptors (Lipinski definition) is 4. The maximum Gasteiger partial charge on any atom is 0.409 e. The van der Waals surface area contributed by atoms with Crippen LogP contribution in [0.2, 0.25) is 0 Å². The number of benzene rings is 1. The highest BCUT2D eigenvalue weighted by atomic mass is 32.2. The van der Waals surface area contributed by atoms with Crippen LogP contribution < -0.4 is 0 Å². The number of carbonyl (C=O) groups is 1. The fraction of sp³-hybridized carbons (Fsp3) is 0.611. The molecule has 3 rings (SSSR count). The summed E-state index contributed by atoms with van der Waals surface area (Å²) < 4.78 is 5.40. The maximum absolute atomic E-state index is 12.2. The molecule has 0 spiro atoms. The minimum absolute atomic E-state index is 0.125. The minimum Gasteiger partial charge on any atom is -0.449 e. The lowest BCUT2D eigenvalue weighted by molar-refractivity contribution is 0.0225. The number of fused-ring (bicyclic) bond motifs is 2. The van der Waals surface area contributed by atoms with Gasteiger partial charge in [-0.3, -0.25) is 4.90 Å². The molecule has 0 saturated carbocycles. The number of amides is 1. The molecular weight excluding hydrogens is 308 g/mol. The van der Waals surface area contributed by atoms with Crippen LogP contribution >= 0.6 is 11.8 Å². The first-order valence-electron chi connectivity index (χ1n) is 8.57. The average Bonchev–Trinajstić information content (AvgIpc) is 2.55. The lowest BCUT2D eigenvalue weighted by Gasteiger charge is -2.49. The first-order chi connectivity index (χ1) is 11.3. The quantitative estimate of drug-likeness (QED) is 0.774. The summed E-state index contributed by atoms with van der Waals surface area (Å²) >= 11 is 2.02. The Hall–Kier alpha value is -1.20. The lowest BCUT2D eigenvalue weighted by Crippen LogP contribution is -2.63. The van der Waals surface area contributed by atoms with E-state index >= 15 is 0 Å². The van der Waals surface area contributed by atoms with E-state index in [0.717, 1.165) is 44.0 Å². The van der Waals surface area contributed by atoms with Crippen molar-refractivity contribution in [3.8, 4) is 0 Å². The van der Waals surface area contributed by atoms with E-state index in [4.69, 9.17) is 4.74 Å². The molecule has 23 heavy (non-hydrogen) atoms. The summed E-state index contributed by atoms with van der Waals surface area (Å²) in [5.74, 6) is 2.20. The molecule has 2 unspecified atom stereocenters. The maximum atomic E-state index is 12.2. The fourth-order valence-corrected chi connectivity index (χ4v) is 4.60. The largest absolute Gasteiger partial charge is 0.449 e. The van der Waals surface area contributed by atoms with Crippen molar-refractivity contribution >= 4 is 17.9 Å². The van der Waals surface area contributed by atoms with Gasteiger partial charge in [0.1, 0.15) is 0 Å². The summed E-state index contributed by atoms with van der Waals surface area (Å²) in [5.41, 5.74) is 1.35. The van der Waals surface area contributed by atoms with Crippen molar-refractivity contribution in [3.05, 3.63) is 35.9 Å². The van der Waals surface area contributed by atoms with Gasteiger partial charge in [0.15, 0.2) is 0 Å². The summed E-state index contributed by atoms with van der Waals surface area (Å²) in [6, 6.07) is 11.5. The van der Waals surface area contributed by atoms with Crippen molar-refractivity contribution in [3.63, 3.8) is 0 Å². The molecule has 5 heteroatoms. The molecule has 2 saturated heterocycles. The second kappa shape index (κ2) is 8.06. The van der Waals surface area contributed by atoms with E-state index in [1.807, 2.05) is 16.7 Å². The Labute approximate surface area is 143 Å². The predicted molar refractivity (Wildman–Crippen MR) is 94.7 cm³/mol. The second-order valence-corrected chi connectivity index (χ2v) is 7.45. The van der Waals surface area contributed by atoms with E-state index in [9.17, 15) is 4.79 Å². The van der Waals surface area contributed by atoms with Crippen LogP contribution in [-0.2, 0) is 11.3 Å². The Balaban J connectivity index is 1.60. The molecule has 2 aliphatic rings. The number of piperazine rings is 1. The third-order valence-corrected chi connectivity index (χ3v) is 5.85. The fourth-order valence-electron chi connectivity index (χ4n) is 3.32. The van der Waals surface area contributed by atoms with Gasteiger partial charge in [0, 0.05) is 43.2 Å². The molecule has 0 aliphatic carbocycles. The highest BCUT2D eigenvalue weighted by Gasteiger charge is 2.39. The van der Waals surface area contributed by atoms with Crippen molar-refractivity contribution in [1.82, 2.24) is 9.80 Å². The Morgan fingerprint density at radius 3 is 2.57 bits per heavy atom. The van der Waals surface area contributed by atoms with Crippen molar-refractivity contribution in [1.29, 1.82) is 0 Å². The molecular formula is C18H26N2O2S. The number of thioether (sulfide) groups is 1. The van der Waals surface area contributed by atoms with Gasteiger partial charge in [-0.2, -0.15) is 11.8 Å². The van der Waals surface area contributed by atoms with Crippen molar-refractivity contribution < 1.29 is 9.53 Å². The molecule has 1 aromatic rings. The van der Waals surface area contributed by atoms with Crippen LogP contribution in [0.3, 0.4) is 0 Å². The van der Waals surface area contributed by atoms with E-state index in [2.05, 4.69) is 42.2 Å². The van der Waals surface area contributed by atoms with Crippen LogP contribution in [0, 0.1) is 0 Å². The number of hydrogen-bond donors (Lipinski definition) is 0. The van der Waals surface area contributed by atoms with E-state index in [-0.39, 0.29) is 6.09 Å². The molecule has 1 amide bonds. The van der Waals surface area contributed by atoms with Gasteiger partial charge in [-0.15, -0.1) is 0 Å². The summed E-state index contributed by atoms with van der Waals surface area (Å²) in [6.07, 6.45) is 1.88. The van der Waals surface area contributed by atoms with Crippen LogP contribution in [0.5, 0.6) is 0 Å². The molecule has 2 aliphatic heterocycles. The molecule has 2 fully saturated rings. The number of ether oxygens (including phenoxy) is 1. The van der Waals surface area contributed by atoms with Gasteiger partial charge in [0.05, 0.1) is 6.61 Å². The Bertz CT molecular complexity index is 497. The molecule has 0 radical (unpaired) electrons. The zero-order valence-corrected chi connectivity index (χ0v) is 14.6. The SMILES string of the molecule is CCCCOC(=O)N1CC2CSCC(C1)N2Cc1ccccc1. The normalized spacial score (nSPS) is 24.5. The predicted octanol–water partition coefficient (Wildman–Crippen LogP) is 3.22. The Morgan fingerprint density at radius 2 is 1.91 bits per heavy atom. The van der Waals surface area contributed by atoms with Gasteiger partial charge in [0.2, 0.25) is 0 Å². The topological polar surface area (TPSA) is 32.8 Å². The van der Waals surface area contributed by atoms with Crippen molar-refractivity contribution in [2.75, 3.05) is 31.2 Å². The Kier molecular flexibility index (Phi) is 5.84. The molecule has 0 aromatic heterocycles. The van der Waals surface area contributed by atoms with Gasteiger partial charge < -0.3 is 9.64 Å². The zero-order valence-electron chi connectivity index (χ0n) is 13.8. The molecule has 1 aromatic carbocycles. The standard InChI is InChI=1S/C18H26N2O2S/c1-2-3-9-22-18(21)19-11-16-13-23-14-17(12-19)20(16)10-15-7-5-4-6-8-15/h4-8,16-17H,2-3,9-14H2,1H3. The minimum atomic E-state index is -0.125. The van der Waals surface area contributed by atoms with Crippen LogP contribution in [0.15, 0.2) is 30.3 Å². The summed E-state index contributed by atoms with van der Waals surface area (Å²) in [7, 11) is 0. The van der Waals surface area contributed by atoms with Crippen LogP contribution in [-0.4, -0.2) is 59.2 Å². The van der Waals surface area contributed by atoms with Crippen LogP contribution in [0.1, 0.15) is 25.3 Å². The summed E-state index contributed by atoms with van der Waals surface area (Å²) in [5, 5.41) is 0. The zero-order chi connectivity index (χ0) is 16.1. The van der Waals surface area contributed by atoms with Crippen LogP contribution in [0.25, 0.3) is 0 Å². The number of carbonyl (C=O) groups excluding carboxylic acids is 1. The third-order valence-electron chi connectivity index (χ3n) is 4.61. The van der Waals surface area contributed by atoms with Crippen LogP contribution in [0.4, 0.5) is 4.79 Å². The lowest BCUT2D eigenvalue weighted by atomic mass is 10.1. The monoisotopic (exact) mass is 334 g/mol. The van der Waals surface area contributed by atoms with Gasteiger partial charge in [-0.25, -0.2) is 4.79 Å². The number of unbranched alkanes of at least 4 members (excludes halogenated alkanes) is 1. The second-order valence-electron chi connectivity index (χ2n) is 6.38. The Morgan fingerprint density at radius 1 is 1.22 bits per heavy atom. The molecule has 126 valence electrons. The smallest absolute Gasteiger partial charge is 0.409 e. The van der Waals surface area contributed by atoms with E-state index in [1.165, 1.54) is 5.56 Å². The summed E-state index contributed by atoms with van der Waals surface area (Å²) in [4.78, 5) is 16.8. The van der Waals surface area contributed by atoms with Crippen molar-refractivity contribution in [2.45, 2.75) is 38.4 Å². The third kappa shape index (κ3) is 4.21. The molecule has 2 bridgehead atoms. The highest BCUT2D eigenvalue weighted by molar-refractivity contribution is 7.99. The highest BCUT2D eigenvalue weighted by Crippen LogP contribution is 2.29. The van der Waals surface area contributed by atoms with Gasteiger partial charge in [0.25, 0.3) is 0 Å². The van der Waals surface area contributed by atoms with Crippen molar-refractivity contribution in [2.24, 2.45) is 0 Å². The number of rotatable bonds is 5. The van der Waals surface area contributed by atoms with Gasteiger partial charge in [-0.05, 0) is 12.0 Å². The number of nitrogens with zero attached hydrogens (tertiary/aromatic N) is 2. The molecule has 2 atom stereocenters.